The quantitative estimate of drug-likeness (QED) is 0.658. The van der Waals surface area contributed by atoms with Crippen LogP contribution in [0.15, 0.2) is 5.16 Å². The summed E-state index contributed by atoms with van der Waals surface area (Å²) in [7, 11) is 1.85. The first-order chi connectivity index (χ1) is 12.8. The molecule has 10 heteroatoms. The van der Waals surface area contributed by atoms with Gasteiger partial charge in [-0.25, -0.2) is 0 Å². The van der Waals surface area contributed by atoms with Crippen LogP contribution in [0.4, 0.5) is 5.69 Å². The third-order valence-corrected chi connectivity index (χ3v) is 5.71. The van der Waals surface area contributed by atoms with Crippen LogP contribution in [0.1, 0.15) is 49.4 Å². The second kappa shape index (κ2) is 7.71. The molecule has 0 spiro atoms. The number of nitrogens with zero attached hydrogens (tertiary/aromatic N) is 5. The molecule has 0 aliphatic heterocycles. The number of primary amides is 1. The highest BCUT2D eigenvalue weighted by Crippen LogP contribution is 2.39. The number of thioether (sulfide) groups is 1. The van der Waals surface area contributed by atoms with E-state index in [0.29, 0.717) is 17.6 Å². The Morgan fingerprint density at radius 1 is 1.33 bits per heavy atom. The van der Waals surface area contributed by atoms with Gasteiger partial charge in [-0.3, -0.25) is 14.3 Å². The first kappa shape index (κ1) is 19.4. The van der Waals surface area contributed by atoms with E-state index in [9.17, 15) is 9.59 Å². The third kappa shape index (κ3) is 4.32. The first-order valence-corrected chi connectivity index (χ1v) is 9.85. The first-order valence-electron chi connectivity index (χ1n) is 8.97. The second-order valence-corrected chi connectivity index (χ2v) is 8.19. The standard InChI is InChI=1S/C17H25N7O2S/c1-9-15(10(2)23(4)22-9)19-16(26)11(3)27-17-21-20-14(8-7-13(18)25)24(17)12-5-6-12/h11-12H,5-8H2,1-4H3,(H2,18,25)(H,19,26). The number of hydrogen-bond acceptors (Lipinski definition) is 6. The maximum absolute atomic E-state index is 12.7. The number of aromatic nitrogens is 5. The van der Waals surface area contributed by atoms with Crippen molar-refractivity contribution in [1.29, 1.82) is 0 Å². The summed E-state index contributed by atoms with van der Waals surface area (Å²) in [6.07, 6.45) is 2.83. The number of anilines is 1. The van der Waals surface area contributed by atoms with Gasteiger partial charge >= 0.3 is 0 Å². The highest BCUT2D eigenvalue weighted by molar-refractivity contribution is 8.00. The molecule has 1 atom stereocenters. The van der Waals surface area contributed by atoms with Crippen molar-refractivity contribution in [1.82, 2.24) is 24.5 Å². The van der Waals surface area contributed by atoms with Crippen molar-refractivity contribution >= 4 is 29.3 Å². The molecule has 27 heavy (non-hydrogen) atoms. The Balaban J connectivity index is 1.70. The van der Waals surface area contributed by atoms with E-state index >= 15 is 0 Å². The van der Waals surface area contributed by atoms with Gasteiger partial charge in [-0.2, -0.15) is 5.10 Å². The van der Waals surface area contributed by atoms with Crippen molar-refractivity contribution in [2.75, 3.05) is 5.32 Å². The molecule has 0 aromatic carbocycles. The molecule has 2 aromatic heterocycles. The summed E-state index contributed by atoms with van der Waals surface area (Å²) in [6, 6.07) is 0.350. The minimum Gasteiger partial charge on any atom is -0.370 e. The number of aryl methyl sites for hydroxylation is 3. The number of carbonyl (C=O) groups excluding carboxylic acids is 2. The van der Waals surface area contributed by atoms with Crippen molar-refractivity contribution < 1.29 is 9.59 Å². The van der Waals surface area contributed by atoms with Crippen LogP contribution in [0, 0.1) is 13.8 Å². The van der Waals surface area contributed by atoms with Gasteiger partial charge in [0.1, 0.15) is 5.82 Å². The molecule has 3 N–H and O–H groups in total. The molecular weight excluding hydrogens is 366 g/mol. The highest BCUT2D eigenvalue weighted by atomic mass is 32.2. The van der Waals surface area contributed by atoms with E-state index in [1.807, 2.05) is 27.8 Å². The summed E-state index contributed by atoms with van der Waals surface area (Å²) in [5.41, 5.74) is 7.70. The number of nitrogens with one attached hydrogen (secondary N) is 1. The summed E-state index contributed by atoms with van der Waals surface area (Å²) in [5, 5.41) is 16.1. The molecule has 0 bridgehead atoms. The smallest absolute Gasteiger partial charge is 0.237 e. The maximum atomic E-state index is 12.7. The zero-order chi connectivity index (χ0) is 19.7. The molecule has 1 saturated carbocycles. The SMILES string of the molecule is Cc1nn(C)c(C)c1NC(=O)C(C)Sc1nnc(CCC(N)=O)n1C1CC1. The van der Waals surface area contributed by atoms with Crippen molar-refractivity contribution in [2.24, 2.45) is 12.8 Å². The third-order valence-electron chi connectivity index (χ3n) is 4.65. The summed E-state index contributed by atoms with van der Waals surface area (Å²) < 4.78 is 3.80. The maximum Gasteiger partial charge on any atom is 0.237 e. The zero-order valence-electron chi connectivity index (χ0n) is 16.0. The molecule has 1 aliphatic rings. The molecule has 3 rings (SSSR count). The lowest BCUT2D eigenvalue weighted by Crippen LogP contribution is -2.23. The fourth-order valence-electron chi connectivity index (χ4n) is 2.88. The van der Waals surface area contributed by atoms with Gasteiger partial charge in [-0.1, -0.05) is 11.8 Å². The lowest BCUT2D eigenvalue weighted by molar-refractivity contribution is -0.118. The molecule has 0 saturated heterocycles. The fourth-order valence-corrected chi connectivity index (χ4v) is 3.82. The molecule has 2 heterocycles. The number of hydrogen-bond donors (Lipinski definition) is 2. The van der Waals surface area contributed by atoms with E-state index in [4.69, 9.17) is 5.73 Å². The molecule has 0 radical (unpaired) electrons. The largest absolute Gasteiger partial charge is 0.370 e. The molecule has 146 valence electrons. The Labute approximate surface area is 162 Å². The number of nitrogens with two attached hydrogens (primary N) is 1. The van der Waals surface area contributed by atoms with Crippen molar-refractivity contribution in [3.63, 3.8) is 0 Å². The van der Waals surface area contributed by atoms with E-state index in [1.165, 1.54) is 11.8 Å². The summed E-state index contributed by atoms with van der Waals surface area (Å²) >= 11 is 1.37. The average molecular weight is 392 g/mol. The molecule has 2 aromatic rings. The van der Waals surface area contributed by atoms with E-state index < -0.39 is 0 Å². The normalized spacial score (nSPS) is 15.0. The number of rotatable bonds is 8. The topological polar surface area (TPSA) is 121 Å². The Bertz CT molecular complexity index is 869. The second-order valence-electron chi connectivity index (χ2n) is 6.89. The minimum absolute atomic E-state index is 0.108. The minimum atomic E-state index is -0.357. The highest BCUT2D eigenvalue weighted by Gasteiger charge is 2.31. The van der Waals surface area contributed by atoms with Gasteiger partial charge in [-0.15, -0.1) is 10.2 Å². The predicted octanol–water partition coefficient (Wildman–Crippen LogP) is 1.50. The van der Waals surface area contributed by atoms with Crippen LogP contribution in [0.5, 0.6) is 0 Å². The summed E-state index contributed by atoms with van der Waals surface area (Å²) in [4.78, 5) is 23.7. The van der Waals surface area contributed by atoms with Crippen LogP contribution >= 0.6 is 11.8 Å². The lowest BCUT2D eigenvalue weighted by Gasteiger charge is -2.13. The molecule has 1 unspecified atom stereocenters. The van der Waals surface area contributed by atoms with Gasteiger partial charge in [0.25, 0.3) is 0 Å². The lowest BCUT2D eigenvalue weighted by atomic mass is 10.3. The van der Waals surface area contributed by atoms with Gasteiger partial charge in [-0.05, 0) is 33.6 Å². The van der Waals surface area contributed by atoms with Crippen LogP contribution in [0.3, 0.4) is 0 Å². The average Bonchev–Trinajstić information content (AvgIpc) is 3.32. The number of carbonyl (C=O) groups is 2. The Morgan fingerprint density at radius 3 is 2.59 bits per heavy atom. The Kier molecular flexibility index (Phi) is 5.54. The fraction of sp³-hybridized carbons (Fsp3) is 0.588. The summed E-state index contributed by atoms with van der Waals surface area (Å²) in [6.45, 7) is 5.63. The van der Waals surface area contributed by atoms with Gasteiger partial charge in [0, 0.05) is 25.9 Å². The molecule has 1 aliphatic carbocycles. The molecule has 1 fully saturated rings. The Morgan fingerprint density at radius 2 is 2.04 bits per heavy atom. The number of amides is 2. The van der Waals surface area contributed by atoms with E-state index in [1.54, 1.807) is 4.68 Å². The monoisotopic (exact) mass is 391 g/mol. The zero-order valence-corrected chi connectivity index (χ0v) is 16.8. The summed E-state index contributed by atoms with van der Waals surface area (Å²) in [5.74, 6) is 0.290. The van der Waals surface area contributed by atoms with Crippen LogP contribution in [-0.4, -0.2) is 41.6 Å². The van der Waals surface area contributed by atoms with E-state index in [2.05, 4.69) is 25.2 Å². The van der Waals surface area contributed by atoms with Crippen LogP contribution in [0.25, 0.3) is 0 Å². The Hall–Kier alpha value is -2.36. The van der Waals surface area contributed by atoms with Crippen molar-refractivity contribution in [3.8, 4) is 0 Å². The van der Waals surface area contributed by atoms with E-state index in [-0.39, 0.29) is 23.5 Å². The van der Waals surface area contributed by atoms with Gasteiger partial charge < -0.3 is 15.6 Å². The van der Waals surface area contributed by atoms with Crippen molar-refractivity contribution in [2.45, 2.75) is 62.9 Å². The van der Waals surface area contributed by atoms with Gasteiger partial charge in [0.05, 0.1) is 22.3 Å². The van der Waals surface area contributed by atoms with Crippen LogP contribution in [0.2, 0.25) is 0 Å². The van der Waals surface area contributed by atoms with Gasteiger partial charge in [0.2, 0.25) is 11.8 Å². The van der Waals surface area contributed by atoms with Crippen molar-refractivity contribution in [3.05, 3.63) is 17.2 Å². The molecular formula is C17H25N7O2S. The van der Waals surface area contributed by atoms with Crippen LogP contribution < -0.4 is 11.1 Å². The van der Waals surface area contributed by atoms with Gasteiger partial charge in [0.15, 0.2) is 5.16 Å². The molecule has 9 nitrogen and oxygen atoms in total. The predicted molar refractivity (Wildman–Crippen MR) is 102 cm³/mol. The molecule has 2 amide bonds. The van der Waals surface area contributed by atoms with E-state index in [0.717, 1.165) is 35.7 Å². The van der Waals surface area contributed by atoms with Crippen LogP contribution in [-0.2, 0) is 23.1 Å².